The Bertz CT molecular complexity index is 521. The van der Waals surface area contributed by atoms with Crippen LogP contribution in [0.5, 0.6) is 0 Å². The van der Waals surface area contributed by atoms with Crippen molar-refractivity contribution in [2.75, 3.05) is 18.1 Å². The Morgan fingerprint density at radius 1 is 1.28 bits per heavy atom. The zero-order valence-electron chi connectivity index (χ0n) is 9.67. The summed E-state index contributed by atoms with van der Waals surface area (Å²) in [7, 11) is 0. The molecule has 18 heavy (non-hydrogen) atoms. The number of carboxylic acids is 1. The molecule has 1 saturated heterocycles. The summed E-state index contributed by atoms with van der Waals surface area (Å²) in [5.74, 6) is -2.29. The molecular weight excluding hydrogens is 238 g/mol. The van der Waals surface area contributed by atoms with Crippen molar-refractivity contribution in [2.24, 2.45) is 0 Å². The number of aromatic carboxylic acids is 1. The Kier molecular flexibility index (Phi) is 3.12. The molecule has 0 spiro atoms. The third-order valence-electron chi connectivity index (χ3n) is 2.64. The summed E-state index contributed by atoms with van der Waals surface area (Å²) < 4.78 is 4.80. The molecule has 0 unspecified atom stereocenters. The Morgan fingerprint density at radius 3 is 2.44 bits per heavy atom. The standard InChI is InChI=1S/C12H11NO5/c1-7-3-2-4-8(12(16)17)11(7)13-9(14)5-18-6-10(13)15/h2-4H,5-6H2,1H3,(H,16,17). The summed E-state index contributed by atoms with van der Waals surface area (Å²) in [5, 5.41) is 9.11. The monoisotopic (exact) mass is 249 g/mol. The van der Waals surface area contributed by atoms with Crippen LogP contribution in [0, 0.1) is 6.92 Å². The van der Waals surface area contributed by atoms with Crippen LogP contribution in [-0.2, 0) is 14.3 Å². The summed E-state index contributed by atoms with van der Waals surface area (Å²) in [6, 6.07) is 4.58. The van der Waals surface area contributed by atoms with Crippen LogP contribution in [0.1, 0.15) is 15.9 Å². The van der Waals surface area contributed by atoms with Crippen LogP contribution < -0.4 is 4.90 Å². The van der Waals surface area contributed by atoms with E-state index in [2.05, 4.69) is 0 Å². The number of anilines is 1. The van der Waals surface area contributed by atoms with Gasteiger partial charge in [-0.25, -0.2) is 9.69 Å². The lowest BCUT2D eigenvalue weighted by Gasteiger charge is -2.27. The maximum absolute atomic E-state index is 11.7. The van der Waals surface area contributed by atoms with Gasteiger partial charge in [-0.15, -0.1) is 0 Å². The zero-order valence-corrected chi connectivity index (χ0v) is 9.67. The van der Waals surface area contributed by atoms with Crippen LogP contribution in [0.2, 0.25) is 0 Å². The molecule has 6 nitrogen and oxygen atoms in total. The zero-order chi connectivity index (χ0) is 13.3. The molecule has 6 heteroatoms. The normalized spacial score (nSPS) is 15.9. The summed E-state index contributed by atoms with van der Waals surface area (Å²) in [4.78, 5) is 35.5. The number of morpholine rings is 1. The van der Waals surface area contributed by atoms with Gasteiger partial charge in [-0.2, -0.15) is 0 Å². The van der Waals surface area contributed by atoms with Crippen LogP contribution >= 0.6 is 0 Å². The second-order valence-electron chi connectivity index (χ2n) is 3.89. The molecule has 1 aliphatic heterocycles. The first-order valence-electron chi connectivity index (χ1n) is 5.29. The minimum atomic E-state index is -1.18. The molecule has 0 saturated carbocycles. The van der Waals surface area contributed by atoms with Gasteiger partial charge in [0.05, 0.1) is 11.3 Å². The second kappa shape index (κ2) is 4.58. The van der Waals surface area contributed by atoms with E-state index in [9.17, 15) is 14.4 Å². The van der Waals surface area contributed by atoms with Crippen LogP contribution in [0.4, 0.5) is 5.69 Å². The molecular formula is C12H11NO5. The molecule has 0 aromatic heterocycles. The molecule has 2 amide bonds. The largest absolute Gasteiger partial charge is 0.478 e. The predicted molar refractivity (Wildman–Crippen MR) is 61.5 cm³/mol. The van der Waals surface area contributed by atoms with Crippen molar-refractivity contribution in [1.29, 1.82) is 0 Å². The fraction of sp³-hybridized carbons (Fsp3) is 0.250. The maximum Gasteiger partial charge on any atom is 0.337 e. The Labute approximate surface area is 103 Å². The lowest BCUT2D eigenvalue weighted by molar-refractivity contribution is -0.138. The smallest absolute Gasteiger partial charge is 0.337 e. The van der Waals surface area contributed by atoms with Crippen molar-refractivity contribution in [3.8, 4) is 0 Å². The highest BCUT2D eigenvalue weighted by Crippen LogP contribution is 2.27. The Morgan fingerprint density at radius 2 is 1.89 bits per heavy atom. The van der Waals surface area contributed by atoms with Gasteiger partial charge in [0.2, 0.25) is 0 Å². The fourth-order valence-electron chi connectivity index (χ4n) is 1.87. The lowest BCUT2D eigenvalue weighted by atomic mass is 10.1. The van der Waals surface area contributed by atoms with Gasteiger partial charge >= 0.3 is 5.97 Å². The highest BCUT2D eigenvalue weighted by molar-refractivity contribution is 6.19. The average Bonchev–Trinajstić information content (AvgIpc) is 2.30. The van der Waals surface area contributed by atoms with Gasteiger partial charge in [-0.05, 0) is 18.6 Å². The third-order valence-corrected chi connectivity index (χ3v) is 2.64. The number of hydrogen-bond donors (Lipinski definition) is 1. The summed E-state index contributed by atoms with van der Waals surface area (Å²) in [5.41, 5.74) is 0.611. The van der Waals surface area contributed by atoms with Crippen LogP contribution in [0.25, 0.3) is 0 Å². The topological polar surface area (TPSA) is 83.9 Å². The third kappa shape index (κ3) is 1.98. The number of para-hydroxylation sites is 1. The molecule has 0 bridgehead atoms. The number of carboxylic acid groups (broad SMARTS) is 1. The molecule has 94 valence electrons. The number of nitrogens with zero attached hydrogens (tertiary/aromatic N) is 1. The first kappa shape index (κ1) is 12.3. The second-order valence-corrected chi connectivity index (χ2v) is 3.89. The van der Waals surface area contributed by atoms with Crippen molar-refractivity contribution in [3.05, 3.63) is 29.3 Å². The van der Waals surface area contributed by atoms with Gasteiger partial charge in [0, 0.05) is 0 Å². The van der Waals surface area contributed by atoms with Crippen molar-refractivity contribution in [1.82, 2.24) is 0 Å². The van der Waals surface area contributed by atoms with Gasteiger partial charge in [-0.1, -0.05) is 12.1 Å². The number of benzene rings is 1. The summed E-state index contributed by atoms with van der Waals surface area (Å²) >= 11 is 0. The van der Waals surface area contributed by atoms with E-state index in [1.165, 1.54) is 6.07 Å². The van der Waals surface area contributed by atoms with E-state index >= 15 is 0 Å². The highest BCUT2D eigenvalue weighted by Gasteiger charge is 2.32. The number of hydrogen-bond acceptors (Lipinski definition) is 4. The summed E-state index contributed by atoms with van der Waals surface area (Å²) in [6.45, 7) is 1.20. The predicted octanol–water partition coefficient (Wildman–Crippen LogP) is 0.583. The van der Waals surface area contributed by atoms with E-state index in [0.717, 1.165) is 4.90 Å². The quantitative estimate of drug-likeness (QED) is 0.775. The van der Waals surface area contributed by atoms with Crippen molar-refractivity contribution in [2.45, 2.75) is 6.92 Å². The molecule has 1 aromatic rings. The van der Waals surface area contributed by atoms with Crippen molar-refractivity contribution in [3.63, 3.8) is 0 Å². The van der Waals surface area contributed by atoms with E-state index in [-0.39, 0.29) is 24.5 Å². The molecule has 0 aliphatic carbocycles. The number of amides is 2. The highest BCUT2D eigenvalue weighted by atomic mass is 16.5. The van der Waals surface area contributed by atoms with Gasteiger partial charge in [-0.3, -0.25) is 9.59 Å². The van der Waals surface area contributed by atoms with Gasteiger partial charge in [0.15, 0.2) is 0 Å². The summed E-state index contributed by atoms with van der Waals surface area (Å²) in [6.07, 6.45) is 0. The molecule has 0 atom stereocenters. The molecule has 1 N–H and O–H groups in total. The van der Waals surface area contributed by atoms with Crippen LogP contribution in [-0.4, -0.2) is 36.1 Å². The molecule has 1 aromatic carbocycles. The number of imide groups is 1. The van der Waals surface area contributed by atoms with Gasteiger partial charge < -0.3 is 9.84 Å². The van der Waals surface area contributed by atoms with Crippen LogP contribution in [0.15, 0.2) is 18.2 Å². The first-order valence-corrected chi connectivity index (χ1v) is 5.29. The Balaban J connectivity index is 2.58. The Hall–Kier alpha value is -2.21. The van der Waals surface area contributed by atoms with Crippen molar-refractivity contribution >= 4 is 23.5 Å². The molecule has 0 radical (unpaired) electrons. The molecule has 1 aliphatic rings. The SMILES string of the molecule is Cc1cccc(C(=O)O)c1N1C(=O)COCC1=O. The van der Waals surface area contributed by atoms with Gasteiger partial charge in [0.1, 0.15) is 13.2 Å². The van der Waals surface area contributed by atoms with Crippen LogP contribution in [0.3, 0.4) is 0 Å². The molecule has 1 fully saturated rings. The number of carbonyl (C=O) groups is 3. The number of ether oxygens (including phenoxy) is 1. The van der Waals surface area contributed by atoms with Gasteiger partial charge in [0.25, 0.3) is 11.8 Å². The minimum absolute atomic E-state index is 0.0707. The van der Waals surface area contributed by atoms with E-state index in [1.54, 1.807) is 19.1 Å². The lowest BCUT2D eigenvalue weighted by Crippen LogP contribution is -2.47. The minimum Gasteiger partial charge on any atom is -0.478 e. The van der Waals surface area contributed by atoms with Crippen molar-refractivity contribution < 1.29 is 24.2 Å². The fourth-order valence-corrected chi connectivity index (χ4v) is 1.87. The van der Waals surface area contributed by atoms with E-state index in [0.29, 0.717) is 5.56 Å². The van der Waals surface area contributed by atoms with E-state index in [1.807, 2.05) is 0 Å². The average molecular weight is 249 g/mol. The maximum atomic E-state index is 11.7. The number of rotatable bonds is 2. The van der Waals surface area contributed by atoms with E-state index in [4.69, 9.17) is 9.84 Å². The van der Waals surface area contributed by atoms with E-state index < -0.39 is 17.8 Å². The molecule has 1 heterocycles. The molecule has 2 rings (SSSR count). The first-order chi connectivity index (χ1) is 8.52. The number of carbonyl (C=O) groups excluding carboxylic acids is 2. The number of aryl methyl sites for hydroxylation is 1.